The number of benzene rings is 4. The van der Waals surface area contributed by atoms with E-state index in [0.717, 1.165) is 0 Å². The van der Waals surface area contributed by atoms with Crippen molar-refractivity contribution in [2.45, 2.75) is 13.8 Å². The van der Waals surface area contributed by atoms with Crippen LogP contribution in [-0.4, -0.2) is 9.55 Å². The molecule has 0 aliphatic rings. The van der Waals surface area contributed by atoms with Crippen LogP contribution in [0.25, 0.3) is 49.3 Å². The minimum absolute atomic E-state index is 1.18. The molecule has 6 rings (SSSR count). The molecule has 0 spiro atoms. The van der Waals surface area contributed by atoms with Crippen molar-refractivity contribution in [1.29, 1.82) is 0 Å². The van der Waals surface area contributed by atoms with E-state index in [1.165, 1.54) is 60.4 Å². The lowest BCUT2D eigenvalue weighted by atomic mass is 10.1. The molecule has 6 aromatic rings. The minimum atomic E-state index is 1.18. The summed E-state index contributed by atoms with van der Waals surface area (Å²) in [5.41, 5.74) is 8.65. The van der Waals surface area contributed by atoms with Gasteiger partial charge >= 0.3 is 0 Å². The van der Waals surface area contributed by atoms with Crippen LogP contribution in [0.5, 0.6) is 0 Å². The Bertz CT molecular complexity index is 1470. The Hall–Kier alpha value is -3.52. The van der Waals surface area contributed by atoms with E-state index >= 15 is 0 Å². The number of H-pyrrole nitrogens is 1. The van der Waals surface area contributed by atoms with Crippen LogP contribution in [0.2, 0.25) is 0 Å². The van der Waals surface area contributed by atoms with Crippen LogP contribution in [-0.2, 0) is 0 Å². The zero-order valence-corrected chi connectivity index (χ0v) is 16.0. The van der Waals surface area contributed by atoms with Gasteiger partial charge in [-0.25, -0.2) is 0 Å². The van der Waals surface area contributed by atoms with Crippen molar-refractivity contribution in [3.8, 4) is 5.69 Å². The largest absolute Gasteiger partial charge is 0.355 e. The van der Waals surface area contributed by atoms with Gasteiger partial charge in [-0.15, -0.1) is 0 Å². The molecular weight excluding hydrogens is 340 g/mol. The van der Waals surface area contributed by atoms with E-state index in [2.05, 4.69) is 102 Å². The molecule has 0 radical (unpaired) electrons. The molecular formula is C26H20N2. The third-order valence-electron chi connectivity index (χ3n) is 5.82. The first-order valence-corrected chi connectivity index (χ1v) is 9.71. The summed E-state index contributed by atoms with van der Waals surface area (Å²) in [6.07, 6.45) is 0. The van der Waals surface area contributed by atoms with Crippen LogP contribution in [0.3, 0.4) is 0 Å². The molecule has 0 aliphatic carbocycles. The maximum atomic E-state index is 3.53. The van der Waals surface area contributed by atoms with Gasteiger partial charge in [-0.2, -0.15) is 0 Å². The number of nitrogens with one attached hydrogen (secondary N) is 1. The van der Waals surface area contributed by atoms with Crippen LogP contribution < -0.4 is 0 Å². The summed E-state index contributed by atoms with van der Waals surface area (Å²) < 4.78 is 2.39. The molecule has 0 unspecified atom stereocenters. The molecule has 2 aromatic heterocycles. The van der Waals surface area contributed by atoms with Crippen LogP contribution in [0.4, 0.5) is 0 Å². The third-order valence-corrected chi connectivity index (χ3v) is 5.82. The van der Waals surface area contributed by atoms with E-state index in [-0.39, 0.29) is 0 Å². The smallest absolute Gasteiger partial charge is 0.0541 e. The van der Waals surface area contributed by atoms with Crippen molar-refractivity contribution in [3.05, 3.63) is 90.0 Å². The summed E-state index contributed by atoms with van der Waals surface area (Å²) >= 11 is 0. The summed E-state index contributed by atoms with van der Waals surface area (Å²) in [5, 5.41) is 5.17. The fraction of sp³-hybridized carbons (Fsp3) is 0.0769. The molecule has 28 heavy (non-hydrogen) atoms. The number of para-hydroxylation sites is 1. The van der Waals surface area contributed by atoms with Crippen molar-refractivity contribution >= 4 is 43.6 Å². The normalized spacial score (nSPS) is 11.9. The zero-order chi connectivity index (χ0) is 18.8. The van der Waals surface area contributed by atoms with E-state index in [1.54, 1.807) is 0 Å². The summed E-state index contributed by atoms with van der Waals surface area (Å²) in [6.45, 7) is 4.33. The first-order chi connectivity index (χ1) is 13.7. The number of aromatic amines is 1. The molecule has 2 heterocycles. The first-order valence-electron chi connectivity index (χ1n) is 9.71. The lowest BCUT2D eigenvalue weighted by Gasteiger charge is -2.08. The van der Waals surface area contributed by atoms with Crippen molar-refractivity contribution in [3.63, 3.8) is 0 Å². The molecule has 0 saturated heterocycles. The highest BCUT2D eigenvalue weighted by Crippen LogP contribution is 2.35. The van der Waals surface area contributed by atoms with E-state index < -0.39 is 0 Å². The van der Waals surface area contributed by atoms with Gasteiger partial charge < -0.3 is 9.55 Å². The number of rotatable bonds is 1. The van der Waals surface area contributed by atoms with Crippen LogP contribution in [0.15, 0.2) is 78.9 Å². The Morgan fingerprint density at radius 1 is 0.571 bits per heavy atom. The maximum absolute atomic E-state index is 3.53. The second-order valence-corrected chi connectivity index (χ2v) is 7.78. The molecule has 0 atom stereocenters. The Morgan fingerprint density at radius 3 is 1.93 bits per heavy atom. The van der Waals surface area contributed by atoms with Gasteiger partial charge in [0.05, 0.1) is 11.0 Å². The Balaban J connectivity index is 1.75. The van der Waals surface area contributed by atoms with Gasteiger partial charge in [-0.3, -0.25) is 0 Å². The molecule has 2 heteroatoms. The number of aromatic nitrogens is 2. The van der Waals surface area contributed by atoms with Gasteiger partial charge in [-0.1, -0.05) is 41.5 Å². The average Bonchev–Trinajstić information content (AvgIpc) is 3.22. The standard InChI is InChI=1S/C26H20N2/c1-16-7-11-25-21(13-16)22-14-17(2)8-12-26(22)28(25)18-9-10-24-20(15-18)19-5-3-4-6-23(19)27-24/h3-15,27H,1-2H3. The Labute approximate surface area is 163 Å². The Morgan fingerprint density at radius 2 is 1.21 bits per heavy atom. The van der Waals surface area contributed by atoms with E-state index in [1.807, 2.05) is 0 Å². The van der Waals surface area contributed by atoms with Crippen molar-refractivity contribution in [1.82, 2.24) is 9.55 Å². The zero-order valence-electron chi connectivity index (χ0n) is 16.0. The fourth-order valence-electron chi connectivity index (χ4n) is 4.50. The topological polar surface area (TPSA) is 20.7 Å². The quantitative estimate of drug-likeness (QED) is 0.325. The van der Waals surface area contributed by atoms with Gasteiger partial charge in [0.2, 0.25) is 0 Å². The van der Waals surface area contributed by atoms with Crippen molar-refractivity contribution in [2.75, 3.05) is 0 Å². The van der Waals surface area contributed by atoms with Gasteiger partial charge in [0.1, 0.15) is 0 Å². The number of hydrogen-bond acceptors (Lipinski definition) is 0. The molecule has 0 bridgehead atoms. The third kappa shape index (κ3) is 2.09. The highest BCUT2D eigenvalue weighted by atomic mass is 15.0. The molecule has 0 amide bonds. The van der Waals surface area contributed by atoms with E-state index in [9.17, 15) is 0 Å². The molecule has 0 saturated carbocycles. The van der Waals surface area contributed by atoms with Crippen LogP contribution >= 0.6 is 0 Å². The lowest BCUT2D eigenvalue weighted by molar-refractivity contribution is 1.18. The number of nitrogens with zero attached hydrogens (tertiary/aromatic N) is 1. The predicted octanol–water partition coefficient (Wildman–Crippen LogP) is 7.04. The molecule has 4 aromatic carbocycles. The molecule has 0 aliphatic heterocycles. The van der Waals surface area contributed by atoms with Crippen molar-refractivity contribution in [2.24, 2.45) is 0 Å². The second kappa shape index (κ2) is 5.49. The number of aryl methyl sites for hydroxylation is 2. The van der Waals surface area contributed by atoms with Gasteiger partial charge in [0.25, 0.3) is 0 Å². The Kier molecular flexibility index (Phi) is 3.05. The molecule has 134 valence electrons. The summed E-state index contributed by atoms with van der Waals surface area (Å²) in [6, 6.07) is 28.8. The predicted molar refractivity (Wildman–Crippen MR) is 120 cm³/mol. The van der Waals surface area contributed by atoms with E-state index in [4.69, 9.17) is 0 Å². The monoisotopic (exact) mass is 360 g/mol. The summed E-state index contributed by atoms with van der Waals surface area (Å²) in [4.78, 5) is 3.53. The fourth-order valence-corrected chi connectivity index (χ4v) is 4.50. The highest BCUT2D eigenvalue weighted by Gasteiger charge is 2.14. The lowest BCUT2D eigenvalue weighted by Crippen LogP contribution is -1.93. The maximum Gasteiger partial charge on any atom is 0.0541 e. The minimum Gasteiger partial charge on any atom is -0.355 e. The van der Waals surface area contributed by atoms with Crippen LogP contribution in [0.1, 0.15) is 11.1 Å². The summed E-state index contributed by atoms with van der Waals surface area (Å²) in [5.74, 6) is 0. The highest BCUT2D eigenvalue weighted by molar-refractivity contribution is 6.11. The molecule has 2 nitrogen and oxygen atoms in total. The van der Waals surface area contributed by atoms with Gasteiger partial charge in [0, 0.05) is 38.3 Å². The molecule has 1 N–H and O–H groups in total. The van der Waals surface area contributed by atoms with Crippen molar-refractivity contribution < 1.29 is 0 Å². The van der Waals surface area contributed by atoms with Gasteiger partial charge in [0.15, 0.2) is 0 Å². The summed E-state index contributed by atoms with van der Waals surface area (Å²) in [7, 11) is 0. The first kappa shape index (κ1) is 15.5. The number of fused-ring (bicyclic) bond motifs is 6. The van der Waals surface area contributed by atoms with Crippen LogP contribution in [0, 0.1) is 13.8 Å². The molecule has 0 fully saturated rings. The van der Waals surface area contributed by atoms with Gasteiger partial charge in [-0.05, 0) is 62.4 Å². The van der Waals surface area contributed by atoms with E-state index in [0.29, 0.717) is 0 Å². The SMILES string of the molecule is Cc1ccc2c(c1)c1cc(C)ccc1n2-c1ccc2[nH]c3ccccc3c2c1. The number of hydrogen-bond donors (Lipinski definition) is 1. The average molecular weight is 360 g/mol. The second-order valence-electron chi connectivity index (χ2n) is 7.78.